The Bertz CT molecular complexity index is 196. The molecule has 0 aromatic carbocycles. The molecule has 74 valence electrons. The van der Waals surface area contributed by atoms with Gasteiger partial charge in [-0.05, 0) is 6.42 Å². The summed E-state index contributed by atoms with van der Waals surface area (Å²) < 4.78 is 4.90. The van der Waals surface area contributed by atoms with Crippen molar-refractivity contribution in [2.45, 2.75) is 39.0 Å². The third-order valence-corrected chi connectivity index (χ3v) is 2.58. The minimum atomic E-state index is -0.194. The smallest absolute Gasteiger partial charge is 0.333 e. The Hall–Kier alpha value is -0.790. The molecule has 0 bridgehead atoms. The lowest BCUT2D eigenvalue weighted by molar-refractivity contribution is -0.135. The first kappa shape index (κ1) is 10.3. The molecule has 0 saturated carbocycles. The highest BCUT2D eigenvalue weighted by Gasteiger charge is 2.27. The van der Waals surface area contributed by atoms with E-state index in [1.807, 2.05) is 0 Å². The lowest BCUT2D eigenvalue weighted by Crippen LogP contribution is -2.01. The zero-order valence-corrected chi connectivity index (χ0v) is 8.34. The van der Waals surface area contributed by atoms with Gasteiger partial charge in [0.1, 0.15) is 0 Å². The number of rotatable bonds is 5. The Kier molecular flexibility index (Phi) is 4.00. The monoisotopic (exact) mass is 182 g/mol. The normalized spacial score (nSPS) is 22.1. The summed E-state index contributed by atoms with van der Waals surface area (Å²) in [5.74, 6) is 0.102. The van der Waals surface area contributed by atoms with E-state index >= 15 is 0 Å². The lowest BCUT2D eigenvalue weighted by Gasteiger charge is -2.05. The van der Waals surface area contributed by atoms with Gasteiger partial charge in [0.25, 0.3) is 0 Å². The maximum absolute atomic E-state index is 11.0. The van der Waals surface area contributed by atoms with Crippen LogP contribution in [0.3, 0.4) is 0 Å². The van der Waals surface area contributed by atoms with Crippen LogP contribution in [0.2, 0.25) is 0 Å². The average molecular weight is 182 g/mol. The summed E-state index contributed by atoms with van der Waals surface area (Å²) in [6, 6.07) is 0. The Morgan fingerprint density at radius 1 is 1.46 bits per heavy atom. The van der Waals surface area contributed by atoms with E-state index in [2.05, 4.69) is 13.5 Å². The number of unbranched alkanes of at least 4 members (excludes halogenated alkanes) is 3. The number of esters is 1. The van der Waals surface area contributed by atoms with Crippen LogP contribution in [-0.2, 0) is 9.53 Å². The molecular weight excluding hydrogens is 164 g/mol. The molecule has 1 atom stereocenters. The summed E-state index contributed by atoms with van der Waals surface area (Å²) in [6.45, 7) is 6.50. The van der Waals surface area contributed by atoms with E-state index in [0.29, 0.717) is 18.1 Å². The molecule has 0 aromatic heterocycles. The summed E-state index contributed by atoms with van der Waals surface area (Å²) in [5, 5.41) is 0. The molecule has 1 rings (SSSR count). The van der Waals surface area contributed by atoms with Crippen LogP contribution in [0.5, 0.6) is 0 Å². The van der Waals surface area contributed by atoms with E-state index < -0.39 is 0 Å². The van der Waals surface area contributed by atoms with Crippen LogP contribution in [0, 0.1) is 5.92 Å². The topological polar surface area (TPSA) is 26.3 Å². The van der Waals surface area contributed by atoms with Crippen LogP contribution in [0.1, 0.15) is 39.0 Å². The van der Waals surface area contributed by atoms with Crippen molar-refractivity contribution in [1.82, 2.24) is 0 Å². The molecule has 0 spiro atoms. The van der Waals surface area contributed by atoms with E-state index in [9.17, 15) is 4.79 Å². The van der Waals surface area contributed by atoms with Crippen LogP contribution >= 0.6 is 0 Å². The van der Waals surface area contributed by atoms with Crippen molar-refractivity contribution in [3.05, 3.63) is 12.2 Å². The molecule has 1 unspecified atom stereocenters. The van der Waals surface area contributed by atoms with Gasteiger partial charge in [-0.1, -0.05) is 39.2 Å². The summed E-state index contributed by atoms with van der Waals surface area (Å²) >= 11 is 0. The van der Waals surface area contributed by atoms with E-state index in [4.69, 9.17) is 4.74 Å². The van der Waals surface area contributed by atoms with Gasteiger partial charge in [-0.25, -0.2) is 4.79 Å². The van der Waals surface area contributed by atoms with Crippen LogP contribution < -0.4 is 0 Å². The molecule has 2 nitrogen and oxygen atoms in total. The predicted molar refractivity (Wildman–Crippen MR) is 52.3 cm³/mol. The maximum Gasteiger partial charge on any atom is 0.333 e. The molecule has 1 saturated heterocycles. The van der Waals surface area contributed by atoms with Gasteiger partial charge >= 0.3 is 5.97 Å². The van der Waals surface area contributed by atoms with Gasteiger partial charge in [-0.3, -0.25) is 0 Å². The zero-order chi connectivity index (χ0) is 9.68. The van der Waals surface area contributed by atoms with Crippen molar-refractivity contribution >= 4 is 5.97 Å². The molecule has 0 N–H and O–H groups in total. The largest absolute Gasteiger partial charge is 0.462 e. The number of carbonyl (C=O) groups is 1. The molecular formula is C11H18O2. The standard InChI is InChI=1S/C11H18O2/c1-3-4-5-6-7-10-8-13-11(12)9(10)2/h10H,2-8H2,1H3. The highest BCUT2D eigenvalue weighted by Crippen LogP contribution is 2.24. The molecule has 0 amide bonds. The van der Waals surface area contributed by atoms with Crippen molar-refractivity contribution < 1.29 is 9.53 Å². The summed E-state index contributed by atoms with van der Waals surface area (Å²) in [6.07, 6.45) is 6.04. The number of carbonyl (C=O) groups excluding carboxylic acids is 1. The number of ether oxygens (including phenoxy) is 1. The third-order valence-electron chi connectivity index (χ3n) is 2.58. The maximum atomic E-state index is 11.0. The van der Waals surface area contributed by atoms with Gasteiger partial charge in [0.15, 0.2) is 0 Å². The summed E-state index contributed by atoms with van der Waals surface area (Å²) in [5.41, 5.74) is 0.677. The predicted octanol–water partition coefficient (Wildman–Crippen LogP) is 2.69. The minimum absolute atomic E-state index is 0.194. The average Bonchev–Trinajstić information content (AvgIpc) is 2.43. The van der Waals surface area contributed by atoms with E-state index in [1.54, 1.807) is 0 Å². The second-order valence-corrected chi connectivity index (χ2v) is 3.67. The quantitative estimate of drug-likeness (QED) is 0.371. The number of cyclic esters (lactones) is 1. The van der Waals surface area contributed by atoms with Crippen LogP contribution in [0.25, 0.3) is 0 Å². The first-order valence-electron chi connectivity index (χ1n) is 5.11. The Labute approximate surface area is 80.0 Å². The molecule has 1 fully saturated rings. The highest BCUT2D eigenvalue weighted by atomic mass is 16.5. The van der Waals surface area contributed by atoms with Crippen molar-refractivity contribution in [2.75, 3.05) is 6.61 Å². The fourth-order valence-corrected chi connectivity index (χ4v) is 1.61. The summed E-state index contributed by atoms with van der Waals surface area (Å²) in [7, 11) is 0. The highest BCUT2D eigenvalue weighted by molar-refractivity contribution is 5.90. The summed E-state index contributed by atoms with van der Waals surface area (Å²) in [4.78, 5) is 11.0. The first-order chi connectivity index (χ1) is 6.25. The molecule has 1 aliphatic heterocycles. The van der Waals surface area contributed by atoms with Gasteiger partial charge < -0.3 is 4.74 Å². The van der Waals surface area contributed by atoms with Crippen molar-refractivity contribution in [3.63, 3.8) is 0 Å². The van der Waals surface area contributed by atoms with Gasteiger partial charge in [0, 0.05) is 11.5 Å². The van der Waals surface area contributed by atoms with E-state index in [-0.39, 0.29) is 5.97 Å². The number of hydrogen-bond acceptors (Lipinski definition) is 2. The Morgan fingerprint density at radius 3 is 2.77 bits per heavy atom. The van der Waals surface area contributed by atoms with Crippen LogP contribution in [0.15, 0.2) is 12.2 Å². The number of hydrogen-bond donors (Lipinski definition) is 0. The minimum Gasteiger partial charge on any atom is -0.462 e. The fourth-order valence-electron chi connectivity index (χ4n) is 1.61. The van der Waals surface area contributed by atoms with Gasteiger partial charge in [-0.15, -0.1) is 0 Å². The SMILES string of the molecule is C=C1C(=O)OCC1CCCCCC. The van der Waals surface area contributed by atoms with Crippen molar-refractivity contribution in [2.24, 2.45) is 5.92 Å². The third kappa shape index (κ3) is 2.87. The van der Waals surface area contributed by atoms with Crippen LogP contribution in [0.4, 0.5) is 0 Å². The van der Waals surface area contributed by atoms with Gasteiger partial charge in [-0.2, -0.15) is 0 Å². The Balaban J connectivity index is 2.15. The van der Waals surface area contributed by atoms with Crippen molar-refractivity contribution in [1.29, 1.82) is 0 Å². The van der Waals surface area contributed by atoms with Gasteiger partial charge in [0.2, 0.25) is 0 Å². The Morgan fingerprint density at radius 2 is 2.23 bits per heavy atom. The van der Waals surface area contributed by atoms with Gasteiger partial charge in [0.05, 0.1) is 6.61 Å². The molecule has 13 heavy (non-hydrogen) atoms. The second kappa shape index (κ2) is 5.05. The van der Waals surface area contributed by atoms with E-state index in [1.165, 1.54) is 25.7 Å². The molecule has 0 aliphatic carbocycles. The van der Waals surface area contributed by atoms with E-state index in [0.717, 1.165) is 6.42 Å². The van der Waals surface area contributed by atoms with Crippen molar-refractivity contribution in [3.8, 4) is 0 Å². The molecule has 0 radical (unpaired) electrons. The zero-order valence-electron chi connectivity index (χ0n) is 8.34. The molecule has 2 heteroatoms. The van der Waals surface area contributed by atoms with Crippen LogP contribution in [-0.4, -0.2) is 12.6 Å². The lowest BCUT2D eigenvalue weighted by atomic mass is 9.97. The first-order valence-corrected chi connectivity index (χ1v) is 5.11. The molecule has 0 aromatic rings. The molecule has 1 heterocycles. The molecule has 1 aliphatic rings. The fraction of sp³-hybridized carbons (Fsp3) is 0.727. The second-order valence-electron chi connectivity index (χ2n) is 3.67.